The SMILES string of the molecule is O=C(Cc1ccc(CCO)c(Cl)c1)CC1CCOCC1. The van der Waals surface area contributed by atoms with Crippen molar-refractivity contribution in [3.63, 3.8) is 0 Å². The molecule has 1 saturated heterocycles. The minimum Gasteiger partial charge on any atom is -0.396 e. The molecule has 1 aliphatic heterocycles. The summed E-state index contributed by atoms with van der Waals surface area (Å²) in [4.78, 5) is 12.1. The summed E-state index contributed by atoms with van der Waals surface area (Å²) in [7, 11) is 0. The van der Waals surface area contributed by atoms with Crippen molar-refractivity contribution < 1.29 is 14.6 Å². The van der Waals surface area contributed by atoms with Crippen LogP contribution in [0.4, 0.5) is 0 Å². The predicted octanol–water partition coefficient (Wildman–Crippen LogP) is 2.80. The van der Waals surface area contributed by atoms with Crippen molar-refractivity contribution >= 4 is 17.4 Å². The fraction of sp³-hybridized carbons (Fsp3) is 0.562. The summed E-state index contributed by atoms with van der Waals surface area (Å²) in [6.45, 7) is 1.64. The van der Waals surface area contributed by atoms with Gasteiger partial charge in [0.25, 0.3) is 0 Å². The molecule has 0 spiro atoms. The van der Waals surface area contributed by atoms with Gasteiger partial charge in [0.2, 0.25) is 0 Å². The third-order valence-corrected chi connectivity index (χ3v) is 4.11. The van der Waals surface area contributed by atoms with E-state index in [1.54, 1.807) is 0 Å². The van der Waals surface area contributed by atoms with Gasteiger partial charge >= 0.3 is 0 Å². The van der Waals surface area contributed by atoms with Crippen LogP contribution in [0.25, 0.3) is 0 Å². The molecule has 1 heterocycles. The first-order valence-corrected chi connectivity index (χ1v) is 7.54. The fourth-order valence-corrected chi connectivity index (χ4v) is 2.89. The summed E-state index contributed by atoms with van der Waals surface area (Å²) in [5, 5.41) is 9.55. The molecule has 0 aliphatic carbocycles. The van der Waals surface area contributed by atoms with Crippen LogP contribution in [-0.2, 0) is 22.4 Å². The van der Waals surface area contributed by atoms with E-state index in [0.29, 0.717) is 30.2 Å². The Morgan fingerprint density at radius 1 is 1.35 bits per heavy atom. The minimum atomic E-state index is 0.0851. The number of rotatable bonds is 6. The molecule has 2 rings (SSSR count). The Balaban J connectivity index is 1.88. The Kier molecular flexibility index (Phi) is 6.02. The van der Waals surface area contributed by atoms with Crippen molar-refractivity contribution in [3.8, 4) is 0 Å². The molecule has 1 aromatic carbocycles. The smallest absolute Gasteiger partial charge is 0.137 e. The quantitative estimate of drug-likeness (QED) is 0.878. The number of aliphatic hydroxyl groups is 1. The standard InChI is InChI=1S/C16H21ClO3/c17-16-11-13(1-2-14(16)3-6-18)10-15(19)9-12-4-7-20-8-5-12/h1-2,11-12,18H,3-10H2. The highest BCUT2D eigenvalue weighted by atomic mass is 35.5. The van der Waals surface area contributed by atoms with Crippen molar-refractivity contribution in [1.29, 1.82) is 0 Å². The maximum absolute atomic E-state index is 12.1. The van der Waals surface area contributed by atoms with Crippen LogP contribution in [0.15, 0.2) is 18.2 Å². The van der Waals surface area contributed by atoms with Crippen molar-refractivity contribution in [3.05, 3.63) is 34.3 Å². The van der Waals surface area contributed by atoms with Crippen LogP contribution in [0, 0.1) is 5.92 Å². The molecule has 0 unspecified atom stereocenters. The molecule has 0 bridgehead atoms. The Morgan fingerprint density at radius 3 is 2.75 bits per heavy atom. The molecular weight excluding hydrogens is 276 g/mol. The second kappa shape index (κ2) is 7.77. The molecule has 0 atom stereocenters. The van der Waals surface area contributed by atoms with Crippen molar-refractivity contribution in [2.24, 2.45) is 5.92 Å². The van der Waals surface area contributed by atoms with Gasteiger partial charge in [0.1, 0.15) is 5.78 Å². The molecule has 0 radical (unpaired) electrons. The average Bonchev–Trinajstić information content (AvgIpc) is 2.43. The van der Waals surface area contributed by atoms with Gasteiger partial charge in [0.15, 0.2) is 0 Å². The maximum Gasteiger partial charge on any atom is 0.137 e. The lowest BCUT2D eigenvalue weighted by molar-refractivity contribution is -0.120. The van der Waals surface area contributed by atoms with Crippen LogP contribution in [0.3, 0.4) is 0 Å². The highest BCUT2D eigenvalue weighted by Crippen LogP contribution is 2.22. The first kappa shape index (κ1) is 15.5. The Bertz CT molecular complexity index is 453. The van der Waals surface area contributed by atoms with Crippen LogP contribution in [0.2, 0.25) is 5.02 Å². The number of carbonyl (C=O) groups is 1. The van der Waals surface area contributed by atoms with Gasteiger partial charge in [-0.05, 0) is 42.4 Å². The van der Waals surface area contributed by atoms with E-state index < -0.39 is 0 Å². The van der Waals surface area contributed by atoms with Crippen molar-refractivity contribution in [2.75, 3.05) is 19.8 Å². The lowest BCUT2D eigenvalue weighted by atomic mass is 9.92. The Hall–Kier alpha value is -0.900. The second-order valence-electron chi connectivity index (χ2n) is 5.37. The number of hydrogen-bond acceptors (Lipinski definition) is 3. The third kappa shape index (κ3) is 4.58. The zero-order valence-corrected chi connectivity index (χ0v) is 12.4. The normalized spacial score (nSPS) is 16.3. The molecule has 3 nitrogen and oxygen atoms in total. The van der Waals surface area contributed by atoms with Crippen LogP contribution >= 0.6 is 11.6 Å². The number of hydrogen-bond donors (Lipinski definition) is 1. The second-order valence-corrected chi connectivity index (χ2v) is 5.78. The Labute approximate surface area is 124 Å². The van der Waals surface area contributed by atoms with Gasteiger partial charge in [-0.2, -0.15) is 0 Å². The van der Waals surface area contributed by atoms with E-state index in [0.717, 1.165) is 37.2 Å². The number of ketones is 1. The zero-order valence-electron chi connectivity index (χ0n) is 11.6. The molecule has 20 heavy (non-hydrogen) atoms. The molecule has 0 saturated carbocycles. The highest BCUT2D eigenvalue weighted by Gasteiger charge is 2.17. The lowest BCUT2D eigenvalue weighted by Crippen LogP contribution is -2.19. The molecule has 0 aromatic heterocycles. The monoisotopic (exact) mass is 296 g/mol. The van der Waals surface area contributed by atoms with Gasteiger partial charge in [-0.25, -0.2) is 0 Å². The zero-order chi connectivity index (χ0) is 14.4. The molecule has 1 aromatic rings. The summed E-state index contributed by atoms with van der Waals surface area (Å²) in [5.41, 5.74) is 1.88. The first-order chi connectivity index (χ1) is 9.69. The van der Waals surface area contributed by atoms with E-state index in [9.17, 15) is 4.79 Å². The summed E-state index contributed by atoms with van der Waals surface area (Å²) in [6, 6.07) is 5.67. The van der Waals surface area contributed by atoms with Crippen LogP contribution in [0.1, 0.15) is 30.4 Å². The number of halogens is 1. The van der Waals surface area contributed by atoms with Crippen LogP contribution in [-0.4, -0.2) is 30.7 Å². The van der Waals surface area contributed by atoms with E-state index in [1.165, 1.54) is 0 Å². The number of aliphatic hydroxyl groups excluding tert-OH is 1. The third-order valence-electron chi connectivity index (χ3n) is 3.76. The molecule has 1 fully saturated rings. The summed E-state index contributed by atoms with van der Waals surface area (Å²) in [6.07, 6.45) is 3.61. The molecule has 1 N–H and O–H groups in total. The summed E-state index contributed by atoms with van der Waals surface area (Å²) in [5.74, 6) is 0.739. The fourth-order valence-electron chi connectivity index (χ4n) is 2.60. The van der Waals surface area contributed by atoms with E-state index in [4.69, 9.17) is 21.4 Å². The topological polar surface area (TPSA) is 46.5 Å². The highest BCUT2D eigenvalue weighted by molar-refractivity contribution is 6.31. The van der Waals surface area contributed by atoms with Gasteiger partial charge in [-0.15, -0.1) is 0 Å². The van der Waals surface area contributed by atoms with E-state index in [2.05, 4.69) is 0 Å². The van der Waals surface area contributed by atoms with E-state index in [1.807, 2.05) is 18.2 Å². The van der Waals surface area contributed by atoms with Crippen molar-refractivity contribution in [1.82, 2.24) is 0 Å². The minimum absolute atomic E-state index is 0.0851. The van der Waals surface area contributed by atoms with E-state index >= 15 is 0 Å². The molecule has 0 amide bonds. The lowest BCUT2D eigenvalue weighted by Gasteiger charge is -2.21. The molecule has 110 valence electrons. The van der Waals surface area contributed by atoms with Crippen molar-refractivity contribution in [2.45, 2.75) is 32.1 Å². The predicted molar refractivity (Wildman–Crippen MR) is 79.1 cm³/mol. The van der Waals surface area contributed by atoms with Gasteiger partial charge in [-0.3, -0.25) is 4.79 Å². The Morgan fingerprint density at radius 2 is 2.10 bits per heavy atom. The largest absolute Gasteiger partial charge is 0.396 e. The number of ether oxygens (including phenoxy) is 1. The number of benzene rings is 1. The van der Waals surface area contributed by atoms with Gasteiger partial charge in [-0.1, -0.05) is 23.7 Å². The van der Waals surface area contributed by atoms with Gasteiger partial charge in [0.05, 0.1) is 0 Å². The molecule has 4 heteroatoms. The van der Waals surface area contributed by atoms with Gasteiger partial charge < -0.3 is 9.84 Å². The molecular formula is C16H21ClO3. The average molecular weight is 297 g/mol. The molecule has 1 aliphatic rings. The summed E-state index contributed by atoms with van der Waals surface area (Å²) < 4.78 is 5.30. The van der Waals surface area contributed by atoms with Gasteiger partial charge in [0, 0.05) is 37.7 Å². The summed E-state index contributed by atoms with van der Waals surface area (Å²) >= 11 is 6.14. The van der Waals surface area contributed by atoms with Crippen LogP contribution in [0.5, 0.6) is 0 Å². The number of Topliss-reactive ketones (excluding diaryl/α,β-unsaturated/α-hetero) is 1. The first-order valence-electron chi connectivity index (χ1n) is 7.16. The number of carbonyl (C=O) groups excluding carboxylic acids is 1. The van der Waals surface area contributed by atoms with E-state index in [-0.39, 0.29) is 12.4 Å². The van der Waals surface area contributed by atoms with Crippen LogP contribution < -0.4 is 0 Å². The maximum atomic E-state index is 12.1.